The van der Waals surface area contributed by atoms with Crippen molar-refractivity contribution in [1.82, 2.24) is 14.9 Å². The summed E-state index contributed by atoms with van der Waals surface area (Å²) in [5.74, 6) is 1.75. The zero-order chi connectivity index (χ0) is 15.2. The van der Waals surface area contributed by atoms with Crippen LogP contribution in [0, 0.1) is 0 Å². The highest BCUT2D eigenvalue weighted by Crippen LogP contribution is 2.21. The van der Waals surface area contributed by atoms with E-state index in [1.54, 1.807) is 24.6 Å². The summed E-state index contributed by atoms with van der Waals surface area (Å²) in [6, 6.07) is 3.43. The minimum Gasteiger partial charge on any atom is -0.455 e. The van der Waals surface area contributed by atoms with Gasteiger partial charge in [0, 0.05) is 48.8 Å². The standard InChI is InChI=1S/C13H17N3O3S2/c1-16-7-5-15-13(16)20-9-10-3-4-11(19-10)12(17)14-6-8-21(2)18/h3-5,7H,6,8-9H2,1-2H3,(H,14,17)/t21-/m1/s1. The molecule has 0 unspecified atom stereocenters. The lowest BCUT2D eigenvalue weighted by Gasteiger charge is -2.01. The molecule has 2 aromatic rings. The van der Waals surface area contributed by atoms with Crippen LogP contribution in [0.2, 0.25) is 0 Å². The molecule has 1 atom stereocenters. The van der Waals surface area contributed by atoms with E-state index in [1.165, 1.54) is 11.8 Å². The zero-order valence-electron chi connectivity index (χ0n) is 11.9. The molecular weight excluding hydrogens is 310 g/mol. The van der Waals surface area contributed by atoms with Crippen LogP contribution in [0.4, 0.5) is 0 Å². The van der Waals surface area contributed by atoms with Gasteiger partial charge in [0.25, 0.3) is 5.91 Å². The predicted molar refractivity (Wildman–Crippen MR) is 82.7 cm³/mol. The number of rotatable bonds is 7. The van der Waals surface area contributed by atoms with Gasteiger partial charge in [0.2, 0.25) is 0 Å². The Kier molecular flexibility index (Phi) is 5.63. The molecule has 0 saturated carbocycles. The van der Waals surface area contributed by atoms with E-state index in [0.717, 1.165) is 5.16 Å². The molecule has 0 saturated heterocycles. The average molecular weight is 327 g/mol. The minimum atomic E-state index is -0.914. The highest BCUT2D eigenvalue weighted by Gasteiger charge is 2.11. The number of amides is 1. The van der Waals surface area contributed by atoms with E-state index >= 15 is 0 Å². The first-order chi connectivity index (χ1) is 10.1. The molecule has 0 aliphatic heterocycles. The van der Waals surface area contributed by atoms with Gasteiger partial charge >= 0.3 is 0 Å². The van der Waals surface area contributed by atoms with Gasteiger partial charge in [-0.15, -0.1) is 0 Å². The van der Waals surface area contributed by atoms with Crippen molar-refractivity contribution in [2.24, 2.45) is 7.05 Å². The number of nitrogens with one attached hydrogen (secondary N) is 1. The average Bonchev–Trinajstić information content (AvgIpc) is 3.05. The predicted octanol–water partition coefficient (Wildman–Crippen LogP) is 1.41. The third-order valence-electron chi connectivity index (χ3n) is 2.68. The Bertz CT molecular complexity index is 636. The van der Waals surface area contributed by atoms with E-state index in [2.05, 4.69) is 10.3 Å². The smallest absolute Gasteiger partial charge is 0.287 e. The summed E-state index contributed by atoms with van der Waals surface area (Å²) in [5, 5.41) is 3.56. The monoisotopic (exact) mass is 327 g/mol. The van der Waals surface area contributed by atoms with E-state index < -0.39 is 10.8 Å². The van der Waals surface area contributed by atoms with Gasteiger partial charge in [0.1, 0.15) is 5.76 Å². The molecule has 0 bridgehead atoms. The van der Waals surface area contributed by atoms with Crippen LogP contribution in [0.5, 0.6) is 0 Å². The fourth-order valence-electron chi connectivity index (χ4n) is 1.60. The molecule has 8 heteroatoms. The van der Waals surface area contributed by atoms with Gasteiger partial charge < -0.3 is 14.3 Å². The topological polar surface area (TPSA) is 77.1 Å². The molecule has 2 heterocycles. The molecule has 1 amide bonds. The SMILES string of the molecule is Cn1ccnc1SCc1ccc(C(=O)NCC[S@@](C)=O)o1. The summed E-state index contributed by atoms with van der Waals surface area (Å²) in [6.07, 6.45) is 5.22. The normalized spacial score (nSPS) is 12.3. The number of nitrogens with zero attached hydrogens (tertiary/aromatic N) is 2. The second-order valence-corrected chi connectivity index (χ2v) is 6.91. The first-order valence-corrected chi connectivity index (χ1v) is 9.04. The van der Waals surface area contributed by atoms with Gasteiger partial charge in [-0.25, -0.2) is 4.98 Å². The Hall–Kier alpha value is -1.54. The van der Waals surface area contributed by atoms with Gasteiger partial charge in [-0.1, -0.05) is 11.8 Å². The maximum Gasteiger partial charge on any atom is 0.287 e. The molecule has 0 fully saturated rings. The number of imidazole rings is 1. The fourth-order valence-corrected chi connectivity index (χ4v) is 2.82. The Morgan fingerprint density at radius 3 is 3.00 bits per heavy atom. The molecule has 0 aliphatic carbocycles. The number of carbonyl (C=O) groups is 1. The Labute approximate surface area is 129 Å². The van der Waals surface area contributed by atoms with Crippen molar-refractivity contribution in [2.45, 2.75) is 10.9 Å². The molecule has 0 radical (unpaired) electrons. The van der Waals surface area contributed by atoms with Crippen LogP contribution in [0.15, 0.2) is 34.1 Å². The van der Waals surface area contributed by atoms with E-state index in [1.807, 2.05) is 17.8 Å². The lowest BCUT2D eigenvalue weighted by atomic mass is 10.4. The number of furan rings is 1. The van der Waals surface area contributed by atoms with Gasteiger partial charge in [-0.05, 0) is 12.1 Å². The van der Waals surface area contributed by atoms with Crippen LogP contribution in [0.1, 0.15) is 16.3 Å². The summed E-state index contributed by atoms with van der Waals surface area (Å²) in [7, 11) is 1.01. The van der Waals surface area contributed by atoms with Crippen LogP contribution < -0.4 is 5.32 Å². The summed E-state index contributed by atoms with van der Waals surface area (Å²) in [4.78, 5) is 16.0. The van der Waals surface area contributed by atoms with Gasteiger partial charge in [0.15, 0.2) is 10.9 Å². The molecule has 2 aromatic heterocycles. The number of aryl methyl sites for hydroxylation is 1. The molecular formula is C13H17N3O3S2. The van der Waals surface area contributed by atoms with Crippen molar-refractivity contribution >= 4 is 28.5 Å². The first-order valence-electron chi connectivity index (χ1n) is 6.33. The van der Waals surface area contributed by atoms with E-state index in [9.17, 15) is 9.00 Å². The van der Waals surface area contributed by atoms with E-state index in [4.69, 9.17) is 4.42 Å². The van der Waals surface area contributed by atoms with Crippen LogP contribution in [-0.2, 0) is 23.6 Å². The number of hydrogen-bond acceptors (Lipinski definition) is 5. The summed E-state index contributed by atoms with van der Waals surface area (Å²) in [5.41, 5.74) is 0. The van der Waals surface area contributed by atoms with Crippen molar-refractivity contribution in [3.63, 3.8) is 0 Å². The van der Waals surface area contributed by atoms with Crippen molar-refractivity contribution in [3.05, 3.63) is 36.0 Å². The van der Waals surface area contributed by atoms with Crippen molar-refractivity contribution in [3.8, 4) is 0 Å². The van der Waals surface area contributed by atoms with Gasteiger partial charge in [-0.3, -0.25) is 9.00 Å². The minimum absolute atomic E-state index is 0.271. The van der Waals surface area contributed by atoms with Crippen LogP contribution in [0.25, 0.3) is 0 Å². The molecule has 21 heavy (non-hydrogen) atoms. The maximum absolute atomic E-state index is 11.8. The molecule has 114 valence electrons. The van der Waals surface area contributed by atoms with Crippen molar-refractivity contribution < 1.29 is 13.4 Å². The molecule has 0 aromatic carbocycles. The number of carbonyl (C=O) groups excluding carboxylic acids is 1. The van der Waals surface area contributed by atoms with Crippen LogP contribution in [0.3, 0.4) is 0 Å². The van der Waals surface area contributed by atoms with Gasteiger partial charge in [-0.2, -0.15) is 0 Å². The summed E-state index contributed by atoms with van der Waals surface area (Å²) < 4.78 is 18.3. The largest absolute Gasteiger partial charge is 0.455 e. The molecule has 0 aliphatic rings. The lowest BCUT2D eigenvalue weighted by molar-refractivity contribution is 0.0927. The van der Waals surface area contributed by atoms with Gasteiger partial charge in [0.05, 0.1) is 5.75 Å². The van der Waals surface area contributed by atoms with E-state index in [0.29, 0.717) is 23.8 Å². The van der Waals surface area contributed by atoms with Crippen LogP contribution >= 0.6 is 11.8 Å². The number of thioether (sulfide) groups is 1. The third-order valence-corrected chi connectivity index (χ3v) is 4.54. The fraction of sp³-hybridized carbons (Fsp3) is 0.385. The quantitative estimate of drug-likeness (QED) is 0.778. The Morgan fingerprint density at radius 2 is 2.33 bits per heavy atom. The van der Waals surface area contributed by atoms with Crippen LogP contribution in [-0.4, -0.2) is 38.2 Å². The lowest BCUT2D eigenvalue weighted by Crippen LogP contribution is -2.27. The molecule has 0 spiro atoms. The second kappa shape index (κ2) is 7.46. The first kappa shape index (κ1) is 15.8. The second-order valence-electron chi connectivity index (χ2n) is 4.41. The number of aromatic nitrogens is 2. The zero-order valence-corrected chi connectivity index (χ0v) is 13.5. The highest BCUT2D eigenvalue weighted by atomic mass is 32.2. The third kappa shape index (κ3) is 4.75. The van der Waals surface area contributed by atoms with Crippen molar-refractivity contribution in [1.29, 1.82) is 0 Å². The van der Waals surface area contributed by atoms with E-state index in [-0.39, 0.29) is 11.7 Å². The Morgan fingerprint density at radius 1 is 1.52 bits per heavy atom. The number of hydrogen-bond donors (Lipinski definition) is 1. The molecule has 6 nitrogen and oxygen atoms in total. The van der Waals surface area contributed by atoms with Crippen molar-refractivity contribution in [2.75, 3.05) is 18.6 Å². The summed E-state index contributed by atoms with van der Waals surface area (Å²) >= 11 is 1.54. The Balaban J connectivity index is 1.84. The maximum atomic E-state index is 11.8. The molecule has 1 N–H and O–H groups in total. The highest BCUT2D eigenvalue weighted by molar-refractivity contribution is 7.98. The summed E-state index contributed by atoms with van der Waals surface area (Å²) in [6.45, 7) is 0.375. The molecule has 2 rings (SSSR count).